The van der Waals surface area contributed by atoms with E-state index in [-0.39, 0.29) is 5.91 Å². The molecule has 0 bridgehead atoms. The molecule has 1 aliphatic heterocycles. The molecule has 108 valence electrons. The lowest BCUT2D eigenvalue weighted by Crippen LogP contribution is -2.38. The Morgan fingerprint density at radius 2 is 1.90 bits per heavy atom. The van der Waals surface area contributed by atoms with Crippen LogP contribution in [0.15, 0.2) is 43.0 Å². The number of aryl methyl sites for hydroxylation is 1. The summed E-state index contributed by atoms with van der Waals surface area (Å²) in [5.41, 5.74) is 2.99. The van der Waals surface area contributed by atoms with Gasteiger partial charge in [0.25, 0.3) is 5.91 Å². The van der Waals surface area contributed by atoms with Crippen LogP contribution in [-0.2, 0) is 0 Å². The molecule has 0 aliphatic carbocycles. The standard InChI is InChI=1S/C17H19N3O/c1-13-4-8-19-12-16(13)17(21)20-9-5-14(6-10-20)15-3-2-7-18-11-15/h2-4,7-8,11-12,14H,5-6,9-10H2,1H3. The third kappa shape index (κ3) is 2.94. The van der Waals surface area contributed by atoms with Crippen molar-refractivity contribution in [3.8, 4) is 0 Å². The minimum absolute atomic E-state index is 0.102. The maximum atomic E-state index is 12.5. The van der Waals surface area contributed by atoms with E-state index >= 15 is 0 Å². The van der Waals surface area contributed by atoms with Crippen molar-refractivity contribution in [2.75, 3.05) is 13.1 Å². The van der Waals surface area contributed by atoms with E-state index in [0.717, 1.165) is 37.1 Å². The van der Waals surface area contributed by atoms with E-state index in [1.807, 2.05) is 30.2 Å². The van der Waals surface area contributed by atoms with Crippen molar-refractivity contribution in [3.05, 3.63) is 59.7 Å². The largest absolute Gasteiger partial charge is 0.339 e. The first-order valence-corrected chi connectivity index (χ1v) is 7.35. The fraction of sp³-hybridized carbons (Fsp3) is 0.353. The van der Waals surface area contributed by atoms with Gasteiger partial charge in [0, 0.05) is 37.9 Å². The van der Waals surface area contributed by atoms with E-state index < -0.39 is 0 Å². The van der Waals surface area contributed by atoms with Gasteiger partial charge in [0.15, 0.2) is 0 Å². The van der Waals surface area contributed by atoms with Gasteiger partial charge in [0.05, 0.1) is 5.56 Å². The Bertz CT molecular complexity index is 619. The second-order valence-corrected chi connectivity index (χ2v) is 5.54. The first kappa shape index (κ1) is 13.7. The molecular weight excluding hydrogens is 262 g/mol. The van der Waals surface area contributed by atoms with Crippen molar-refractivity contribution < 1.29 is 4.79 Å². The van der Waals surface area contributed by atoms with Gasteiger partial charge in [-0.3, -0.25) is 14.8 Å². The fourth-order valence-corrected chi connectivity index (χ4v) is 2.89. The van der Waals surface area contributed by atoms with E-state index in [4.69, 9.17) is 0 Å². The molecule has 3 rings (SSSR count). The van der Waals surface area contributed by atoms with Gasteiger partial charge in [-0.25, -0.2) is 0 Å². The summed E-state index contributed by atoms with van der Waals surface area (Å²) in [6, 6.07) is 5.99. The minimum atomic E-state index is 0.102. The average molecular weight is 281 g/mol. The number of amides is 1. The molecular formula is C17H19N3O. The Morgan fingerprint density at radius 3 is 2.57 bits per heavy atom. The Hall–Kier alpha value is -2.23. The smallest absolute Gasteiger partial charge is 0.255 e. The van der Waals surface area contributed by atoms with Crippen molar-refractivity contribution >= 4 is 5.91 Å². The van der Waals surface area contributed by atoms with E-state index in [2.05, 4.69) is 16.0 Å². The topological polar surface area (TPSA) is 46.1 Å². The van der Waals surface area contributed by atoms with Crippen molar-refractivity contribution in [1.29, 1.82) is 0 Å². The third-order valence-corrected chi connectivity index (χ3v) is 4.21. The van der Waals surface area contributed by atoms with Crippen LogP contribution in [0.5, 0.6) is 0 Å². The minimum Gasteiger partial charge on any atom is -0.339 e. The summed E-state index contributed by atoms with van der Waals surface area (Å²) in [5.74, 6) is 0.614. The Morgan fingerprint density at radius 1 is 1.14 bits per heavy atom. The number of pyridine rings is 2. The maximum absolute atomic E-state index is 12.5. The van der Waals surface area contributed by atoms with Crippen molar-refractivity contribution in [2.24, 2.45) is 0 Å². The molecule has 4 nitrogen and oxygen atoms in total. The lowest BCUT2D eigenvalue weighted by molar-refractivity contribution is 0.0712. The zero-order chi connectivity index (χ0) is 14.7. The molecule has 0 radical (unpaired) electrons. The van der Waals surface area contributed by atoms with Gasteiger partial charge >= 0.3 is 0 Å². The molecule has 1 aliphatic rings. The number of hydrogen-bond acceptors (Lipinski definition) is 3. The second kappa shape index (κ2) is 6.04. The van der Waals surface area contributed by atoms with Crippen LogP contribution in [0.4, 0.5) is 0 Å². The predicted molar refractivity (Wildman–Crippen MR) is 81.1 cm³/mol. The molecule has 21 heavy (non-hydrogen) atoms. The summed E-state index contributed by atoms with van der Waals surface area (Å²) in [5, 5.41) is 0. The molecule has 0 unspecified atom stereocenters. The molecule has 4 heteroatoms. The van der Waals surface area contributed by atoms with Crippen molar-refractivity contribution in [2.45, 2.75) is 25.7 Å². The molecule has 2 aromatic heterocycles. The maximum Gasteiger partial charge on any atom is 0.255 e. The monoisotopic (exact) mass is 281 g/mol. The Kier molecular flexibility index (Phi) is 3.95. The normalized spacial score (nSPS) is 16.0. The summed E-state index contributed by atoms with van der Waals surface area (Å²) in [7, 11) is 0. The quantitative estimate of drug-likeness (QED) is 0.850. The molecule has 0 aromatic carbocycles. The first-order valence-electron chi connectivity index (χ1n) is 7.35. The number of piperidine rings is 1. The molecule has 1 saturated heterocycles. The van der Waals surface area contributed by atoms with Gasteiger partial charge in [0.1, 0.15) is 0 Å². The van der Waals surface area contributed by atoms with E-state index in [1.54, 1.807) is 18.6 Å². The molecule has 0 atom stereocenters. The second-order valence-electron chi connectivity index (χ2n) is 5.54. The van der Waals surface area contributed by atoms with Gasteiger partial charge in [-0.15, -0.1) is 0 Å². The van der Waals surface area contributed by atoms with Crippen LogP contribution in [-0.4, -0.2) is 33.9 Å². The highest BCUT2D eigenvalue weighted by Gasteiger charge is 2.25. The molecule has 0 saturated carbocycles. The van der Waals surface area contributed by atoms with Gasteiger partial charge in [-0.1, -0.05) is 6.07 Å². The Labute approximate surface area is 124 Å². The van der Waals surface area contributed by atoms with Crippen LogP contribution < -0.4 is 0 Å². The summed E-state index contributed by atoms with van der Waals surface area (Å²) in [4.78, 5) is 22.7. The van der Waals surface area contributed by atoms with E-state index in [9.17, 15) is 4.79 Å². The van der Waals surface area contributed by atoms with Crippen LogP contribution in [0, 0.1) is 6.92 Å². The lowest BCUT2D eigenvalue weighted by atomic mass is 9.90. The van der Waals surface area contributed by atoms with E-state index in [0.29, 0.717) is 5.92 Å². The highest BCUT2D eigenvalue weighted by Crippen LogP contribution is 2.28. The Balaban J connectivity index is 1.66. The van der Waals surface area contributed by atoms with Crippen LogP contribution in [0.1, 0.15) is 40.2 Å². The fourth-order valence-electron chi connectivity index (χ4n) is 2.89. The van der Waals surface area contributed by atoms with Gasteiger partial charge < -0.3 is 4.90 Å². The number of carbonyl (C=O) groups is 1. The zero-order valence-electron chi connectivity index (χ0n) is 12.2. The SMILES string of the molecule is Cc1ccncc1C(=O)N1CCC(c2cccnc2)CC1. The molecule has 0 N–H and O–H groups in total. The highest BCUT2D eigenvalue weighted by molar-refractivity contribution is 5.95. The average Bonchev–Trinajstić information content (AvgIpc) is 2.56. The summed E-state index contributed by atoms with van der Waals surface area (Å²) < 4.78 is 0. The van der Waals surface area contributed by atoms with Gasteiger partial charge in [0.2, 0.25) is 0 Å². The van der Waals surface area contributed by atoms with E-state index in [1.165, 1.54) is 5.56 Å². The summed E-state index contributed by atoms with van der Waals surface area (Å²) in [6.07, 6.45) is 9.12. The molecule has 1 amide bonds. The first-order chi connectivity index (χ1) is 10.3. The summed E-state index contributed by atoms with van der Waals surface area (Å²) >= 11 is 0. The van der Waals surface area contributed by atoms with Crippen LogP contribution in [0.2, 0.25) is 0 Å². The lowest BCUT2D eigenvalue weighted by Gasteiger charge is -2.32. The van der Waals surface area contributed by atoms with Crippen LogP contribution in [0.25, 0.3) is 0 Å². The molecule has 1 fully saturated rings. The van der Waals surface area contributed by atoms with Crippen LogP contribution >= 0.6 is 0 Å². The summed E-state index contributed by atoms with van der Waals surface area (Å²) in [6.45, 7) is 3.55. The number of nitrogens with zero attached hydrogens (tertiary/aromatic N) is 3. The number of aromatic nitrogens is 2. The highest BCUT2D eigenvalue weighted by atomic mass is 16.2. The number of likely N-dealkylation sites (tertiary alicyclic amines) is 1. The number of carbonyl (C=O) groups excluding carboxylic acids is 1. The number of hydrogen-bond donors (Lipinski definition) is 0. The van der Waals surface area contributed by atoms with Crippen LogP contribution in [0.3, 0.4) is 0 Å². The van der Waals surface area contributed by atoms with Gasteiger partial charge in [-0.05, 0) is 48.9 Å². The predicted octanol–water partition coefficient (Wildman–Crippen LogP) is 2.80. The molecule has 3 heterocycles. The van der Waals surface area contributed by atoms with Crippen molar-refractivity contribution in [3.63, 3.8) is 0 Å². The zero-order valence-corrected chi connectivity index (χ0v) is 12.2. The molecule has 2 aromatic rings. The third-order valence-electron chi connectivity index (χ3n) is 4.21. The molecule has 0 spiro atoms. The number of rotatable bonds is 2. The van der Waals surface area contributed by atoms with Crippen molar-refractivity contribution in [1.82, 2.24) is 14.9 Å². The van der Waals surface area contributed by atoms with Gasteiger partial charge in [-0.2, -0.15) is 0 Å².